The van der Waals surface area contributed by atoms with E-state index in [1.807, 2.05) is 30.3 Å². The molecule has 0 radical (unpaired) electrons. The van der Waals surface area contributed by atoms with Crippen LogP contribution in [0.1, 0.15) is 82.0 Å². The maximum atomic E-state index is 12.3. The standard InChI is InChI=1S/C21H31NO/c1-3-5-7-9-14-18-20(17-13-8-6-4-2)22-21(23)19-15-11-10-12-16-19/h10-12,15-16,20H,3-9,14,18H2,1-2H3,(H,22,23)/t20-/m0/s1. The molecule has 2 nitrogen and oxygen atoms in total. The summed E-state index contributed by atoms with van der Waals surface area (Å²) < 4.78 is 0. The number of nitrogens with one attached hydrogen (secondary N) is 1. The van der Waals surface area contributed by atoms with Crippen LogP contribution < -0.4 is 5.32 Å². The molecule has 0 saturated heterocycles. The lowest BCUT2D eigenvalue weighted by Crippen LogP contribution is -2.33. The molecule has 126 valence electrons. The van der Waals surface area contributed by atoms with Gasteiger partial charge in [0.15, 0.2) is 0 Å². The summed E-state index contributed by atoms with van der Waals surface area (Å²) in [6.45, 7) is 4.40. The van der Waals surface area contributed by atoms with Crippen molar-refractivity contribution >= 4 is 5.91 Å². The van der Waals surface area contributed by atoms with Crippen molar-refractivity contribution in [1.82, 2.24) is 5.32 Å². The Labute approximate surface area is 142 Å². The minimum Gasteiger partial charge on any atom is -0.338 e. The Kier molecular flexibility index (Phi) is 10.7. The molecule has 0 aliphatic carbocycles. The van der Waals surface area contributed by atoms with Crippen molar-refractivity contribution < 1.29 is 4.79 Å². The van der Waals surface area contributed by atoms with Gasteiger partial charge in [0, 0.05) is 12.0 Å². The maximum absolute atomic E-state index is 12.3. The summed E-state index contributed by atoms with van der Waals surface area (Å²) in [5, 5.41) is 3.09. The first-order chi connectivity index (χ1) is 11.3. The van der Waals surface area contributed by atoms with Crippen LogP contribution in [0, 0.1) is 11.8 Å². The molecule has 1 aromatic rings. The van der Waals surface area contributed by atoms with Gasteiger partial charge >= 0.3 is 0 Å². The van der Waals surface area contributed by atoms with Crippen molar-refractivity contribution in [2.75, 3.05) is 0 Å². The number of benzene rings is 1. The molecular weight excluding hydrogens is 282 g/mol. The largest absolute Gasteiger partial charge is 0.338 e. The van der Waals surface area contributed by atoms with Crippen LogP contribution in [0.15, 0.2) is 30.3 Å². The van der Waals surface area contributed by atoms with E-state index < -0.39 is 0 Å². The Balaban J connectivity index is 2.51. The van der Waals surface area contributed by atoms with Crippen LogP contribution in [0.25, 0.3) is 0 Å². The van der Waals surface area contributed by atoms with Crippen LogP contribution in [0.3, 0.4) is 0 Å². The van der Waals surface area contributed by atoms with Gasteiger partial charge in [-0.25, -0.2) is 0 Å². The average Bonchev–Trinajstić information content (AvgIpc) is 2.59. The van der Waals surface area contributed by atoms with E-state index in [2.05, 4.69) is 31.0 Å². The van der Waals surface area contributed by atoms with Crippen LogP contribution in [-0.2, 0) is 0 Å². The smallest absolute Gasteiger partial charge is 0.252 e. The number of hydrogen-bond acceptors (Lipinski definition) is 1. The summed E-state index contributed by atoms with van der Waals surface area (Å²) in [6.07, 6.45) is 10.3. The van der Waals surface area contributed by atoms with Crippen molar-refractivity contribution in [3.05, 3.63) is 35.9 Å². The highest BCUT2D eigenvalue weighted by molar-refractivity contribution is 5.94. The van der Waals surface area contributed by atoms with E-state index in [-0.39, 0.29) is 11.9 Å². The minimum absolute atomic E-state index is 0.0195. The number of carbonyl (C=O) groups is 1. The molecular formula is C21H31NO. The van der Waals surface area contributed by atoms with Crippen LogP contribution in [0.2, 0.25) is 0 Å². The molecule has 1 N–H and O–H groups in total. The third kappa shape index (κ3) is 9.08. The highest BCUT2D eigenvalue weighted by atomic mass is 16.1. The summed E-state index contributed by atoms with van der Waals surface area (Å²) in [4.78, 5) is 12.3. The predicted molar refractivity (Wildman–Crippen MR) is 98.4 cm³/mol. The molecule has 0 aliphatic heterocycles. The molecule has 0 bridgehead atoms. The summed E-state index contributed by atoms with van der Waals surface area (Å²) in [7, 11) is 0. The SMILES string of the molecule is CCCCC#C[C@@H](CCCCCCC)NC(=O)c1ccccc1. The van der Waals surface area contributed by atoms with E-state index in [1.54, 1.807) is 0 Å². The number of amides is 1. The molecule has 0 aromatic heterocycles. The summed E-state index contributed by atoms with van der Waals surface area (Å²) in [6, 6.07) is 9.37. The zero-order valence-corrected chi connectivity index (χ0v) is 14.7. The van der Waals surface area contributed by atoms with Crippen molar-refractivity contribution in [2.24, 2.45) is 0 Å². The molecule has 0 spiro atoms. The zero-order chi connectivity index (χ0) is 16.8. The Morgan fingerprint density at radius 1 is 1.00 bits per heavy atom. The van der Waals surface area contributed by atoms with Crippen molar-refractivity contribution in [3.63, 3.8) is 0 Å². The Bertz CT molecular complexity index is 484. The first-order valence-electron chi connectivity index (χ1n) is 9.12. The Morgan fingerprint density at radius 2 is 1.70 bits per heavy atom. The molecule has 0 unspecified atom stereocenters. The quantitative estimate of drug-likeness (QED) is 0.458. The predicted octanol–water partition coefficient (Wildman–Crippen LogP) is 5.34. The highest BCUT2D eigenvalue weighted by Crippen LogP contribution is 2.08. The van der Waals surface area contributed by atoms with Gasteiger partial charge < -0.3 is 5.32 Å². The van der Waals surface area contributed by atoms with E-state index in [0.29, 0.717) is 5.56 Å². The number of carbonyl (C=O) groups excluding carboxylic acids is 1. The summed E-state index contributed by atoms with van der Waals surface area (Å²) in [5.41, 5.74) is 0.707. The molecule has 1 aromatic carbocycles. The lowest BCUT2D eigenvalue weighted by Gasteiger charge is -2.13. The zero-order valence-electron chi connectivity index (χ0n) is 14.7. The highest BCUT2D eigenvalue weighted by Gasteiger charge is 2.11. The second-order valence-electron chi connectivity index (χ2n) is 6.02. The molecule has 0 aliphatic rings. The van der Waals surface area contributed by atoms with E-state index in [1.165, 1.54) is 25.7 Å². The molecule has 1 atom stereocenters. The average molecular weight is 313 g/mol. The van der Waals surface area contributed by atoms with Gasteiger partial charge in [-0.1, -0.05) is 76.5 Å². The molecule has 1 amide bonds. The van der Waals surface area contributed by atoms with Crippen LogP contribution in [0.4, 0.5) is 0 Å². The summed E-state index contributed by atoms with van der Waals surface area (Å²) in [5.74, 6) is 6.48. The van der Waals surface area contributed by atoms with Crippen LogP contribution >= 0.6 is 0 Å². The molecule has 0 fully saturated rings. The van der Waals surface area contributed by atoms with Gasteiger partial charge in [-0.2, -0.15) is 0 Å². The fraction of sp³-hybridized carbons (Fsp3) is 0.571. The second-order valence-corrected chi connectivity index (χ2v) is 6.02. The first-order valence-corrected chi connectivity index (χ1v) is 9.12. The fourth-order valence-corrected chi connectivity index (χ4v) is 2.42. The van der Waals surface area contributed by atoms with Crippen LogP contribution in [0.5, 0.6) is 0 Å². The van der Waals surface area contributed by atoms with Gasteiger partial charge in [0.05, 0.1) is 6.04 Å². The Hall–Kier alpha value is -1.75. The minimum atomic E-state index is -0.0267. The van der Waals surface area contributed by atoms with Gasteiger partial charge in [0.2, 0.25) is 0 Å². The third-order valence-corrected chi connectivity index (χ3v) is 3.87. The molecule has 2 heteroatoms. The maximum Gasteiger partial charge on any atom is 0.252 e. The van der Waals surface area contributed by atoms with Crippen molar-refractivity contribution in [3.8, 4) is 11.8 Å². The molecule has 0 heterocycles. The number of hydrogen-bond donors (Lipinski definition) is 1. The molecule has 23 heavy (non-hydrogen) atoms. The topological polar surface area (TPSA) is 29.1 Å². The summed E-state index contributed by atoms with van der Waals surface area (Å²) >= 11 is 0. The van der Waals surface area contributed by atoms with E-state index >= 15 is 0 Å². The lowest BCUT2D eigenvalue weighted by molar-refractivity contribution is 0.0944. The first kappa shape index (κ1) is 19.3. The fourth-order valence-electron chi connectivity index (χ4n) is 2.42. The van der Waals surface area contributed by atoms with Crippen LogP contribution in [-0.4, -0.2) is 11.9 Å². The van der Waals surface area contributed by atoms with E-state index in [4.69, 9.17) is 0 Å². The van der Waals surface area contributed by atoms with Gasteiger partial charge in [-0.05, 0) is 25.0 Å². The number of unbranched alkanes of at least 4 members (excludes halogenated alkanes) is 6. The lowest BCUT2D eigenvalue weighted by atomic mass is 10.1. The van der Waals surface area contributed by atoms with Crippen molar-refractivity contribution in [2.45, 2.75) is 77.7 Å². The third-order valence-electron chi connectivity index (χ3n) is 3.87. The molecule has 0 saturated carbocycles. The monoisotopic (exact) mass is 313 g/mol. The molecule has 1 rings (SSSR count). The number of rotatable bonds is 10. The van der Waals surface area contributed by atoms with E-state index in [9.17, 15) is 4.79 Å². The van der Waals surface area contributed by atoms with Gasteiger partial charge in [-0.3, -0.25) is 4.79 Å². The van der Waals surface area contributed by atoms with Gasteiger partial charge in [0.25, 0.3) is 5.91 Å². The van der Waals surface area contributed by atoms with Gasteiger partial charge in [0.1, 0.15) is 0 Å². The second kappa shape index (κ2) is 12.8. The van der Waals surface area contributed by atoms with Gasteiger partial charge in [-0.15, -0.1) is 5.92 Å². The normalized spacial score (nSPS) is 11.4. The van der Waals surface area contributed by atoms with E-state index in [0.717, 1.165) is 32.1 Å². The Morgan fingerprint density at radius 3 is 2.39 bits per heavy atom. The van der Waals surface area contributed by atoms with Crippen molar-refractivity contribution in [1.29, 1.82) is 0 Å².